The summed E-state index contributed by atoms with van der Waals surface area (Å²) in [4.78, 5) is 0. The third kappa shape index (κ3) is 2.38. The smallest absolute Gasteiger partial charge is 0.166 e. The summed E-state index contributed by atoms with van der Waals surface area (Å²) >= 11 is 13.6. The second-order valence-electron chi connectivity index (χ2n) is 5.73. The minimum Gasteiger partial charge on any atom is -0.313 e. The van der Waals surface area contributed by atoms with Gasteiger partial charge in [-0.05, 0) is 36.6 Å². The van der Waals surface area contributed by atoms with Crippen molar-refractivity contribution in [2.45, 2.75) is 18.3 Å². The number of benzene rings is 1. The van der Waals surface area contributed by atoms with E-state index in [0.717, 1.165) is 29.8 Å². The van der Waals surface area contributed by atoms with Gasteiger partial charge < -0.3 is 4.57 Å². The summed E-state index contributed by atoms with van der Waals surface area (Å²) in [7, 11) is 1.93. The Bertz CT molecular complexity index is 881. The Hall–Kier alpha value is -1.43. The fourth-order valence-electron chi connectivity index (χ4n) is 3.01. The van der Waals surface area contributed by atoms with E-state index < -0.39 is 0 Å². The van der Waals surface area contributed by atoms with Crippen LogP contribution in [0.4, 0.5) is 4.39 Å². The minimum absolute atomic E-state index is 0.181. The van der Waals surface area contributed by atoms with Crippen molar-refractivity contribution >= 4 is 34.5 Å². The predicted molar refractivity (Wildman–Crippen MR) is 90.8 cm³/mol. The van der Waals surface area contributed by atoms with E-state index in [1.54, 1.807) is 6.07 Å². The molecule has 0 N–H and O–H groups in total. The van der Waals surface area contributed by atoms with Gasteiger partial charge in [0.25, 0.3) is 0 Å². The molecule has 7 heteroatoms. The lowest BCUT2D eigenvalue weighted by atomic mass is 9.95. The first-order chi connectivity index (χ1) is 11.0. The van der Waals surface area contributed by atoms with Crippen LogP contribution in [-0.2, 0) is 12.5 Å². The van der Waals surface area contributed by atoms with E-state index in [-0.39, 0.29) is 11.2 Å². The number of aromatic nitrogens is 3. The summed E-state index contributed by atoms with van der Waals surface area (Å²) in [5.74, 6) is 1.34. The van der Waals surface area contributed by atoms with Gasteiger partial charge >= 0.3 is 0 Å². The first kappa shape index (κ1) is 15.1. The molecule has 0 radical (unpaired) electrons. The molecule has 1 aromatic carbocycles. The maximum absolute atomic E-state index is 13.2. The number of halogens is 3. The molecule has 3 nitrogen and oxygen atoms in total. The lowest BCUT2D eigenvalue weighted by Gasteiger charge is -2.15. The van der Waals surface area contributed by atoms with Crippen LogP contribution in [0.15, 0.2) is 30.3 Å². The zero-order valence-corrected chi connectivity index (χ0v) is 14.5. The maximum Gasteiger partial charge on any atom is 0.166 e. The summed E-state index contributed by atoms with van der Waals surface area (Å²) in [6, 6.07) is 8.43. The van der Waals surface area contributed by atoms with Gasteiger partial charge in [-0.15, -0.1) is 21.5 Å². The molecular formula is C16H12Cl2FN3S. The van der Waals surface area contributed by atoms with Gasteiger partial charge in [-0.25, -0.2) is 4.39 Å². The first-order valence-corrected chi connectivity index (χ1v) is 8.70. The van der Waals surface area contributed by atoms with Gasteiger partial charge in [0.2, 0.25) is 0 Å². The Morgan fingerprint density at radius 1 is 1.17 bits per heavy atom. The van der Waals surface area contributed by atoms with E-state index in [4.69, 9.17) is 23.2 Å². The van der Waals surface area contributed by atoms with E-state index in [1.807, 2.05) is 23.7 Å². The zero-order chi connectivity index (χ0) is 16.2. The highest BCUT2D eigenvalue weighted by Gasteiger charge is 2.50. The normalized spacial score (nSPS) is 15.8. The Labute approximate surface area is 146 Å². The molecule has 1 aliphatic rings. The summed E-state index contributed by atoms with van der Waals surface area (Å²) in [5.41, 5.74) is 1.67. The van der Waals surface area contributed by atoms with Crippen LogP contribution in [0, 0.1) is 5.82 Å². The lowest BCUT2D eigenvalue weighted by Crippen LogP contribution is -2.15. The largest absolute Gasteiger partial charge is 0.313 e. The number of hydrogen-bond acceptors (Lipinski definition) is 3. The molecule has 2 heterocycles. The molecule has 0 bridgehead atoms. The highest BCUT2D eigenvalue weighted by Crippen LogP contribution is 2.53. The molecule has 1 fully saturated rings. The molecule has 0 spiro atoms. The molecule has 0 saturated heterocycles. The fourth-order valence-corrected chi connectivity index (χ4v) is 4.46. The van der Waals surface area contributed by atoms with Crippen molar-refractivity contribution in [3.05, 3.63) is 56.2 Å². The summed E-state index contributed by atoms with van der Waals surface area (Å²) < 4.78 is 16.4. The Morgan fingerprint density at radius 3 is 2.43 bits per heavy atom. The molecule has 0 amide bonds. The van der Waals surface area contributed by atoms with E-state index in [9.17, 15) is 4.39 Å². The van der Waals surface area contributed by atoms with Crippen molar-refractivity contribution in [1.82, 2.24) is 14.8 Å². The Morgan fingerprint density at radius 2 is 1.87 bits per heavy atom. The molecule has 0 unspecified atom stereocenters. The van der Waals surface area contributed by atoms with Gasteiger partial charge in [-0.2, -0.15) is 0 Å². The van der Waals surface area contributed by atoms with E-state index in [2.05, 4.69) is 10.2 Å². The standard InChI is InChI=1S/C16H12Cl2FN3S/c1-22-14(11-8-12(17)23-13(11)18)20-21-15(22)16(6-7-16)9-2-4-10(19)5-3-9/h2-5,8H,6-7H2,1H3. The van der Waals surface area contributed by atoms with Crippen LogP contribution >= 0.6 is 34.5 Å². The van der Waals surface area contributed by atoms with Crippen LogP contribution in [0.25, 0.3) is 11.4 Å². The van der Waals surface area contributed by atoms with Gasteiger partial charge in [0.15, 0.2) is 5.82 Å². The maximum atomic E-state index is 13.2. The average Bonchev–Trinajstić information content (AvgIpc) is 3.12. The second-order valence-corrected chi connectivity index (χ2v) is 8.02. The van der Waals surface area contributed by atoms with Crippen LogP contribution < -0.4 is 0 Å². The average molecular weight is 368 g/mol. The third-order valence-corrected chi connectivity index (χ3v) is 5.83. The van der Waals surface area contributed by atoms with Crippen molar-refractivity contribution in [3.63, 3.8) is 0 Å². The Balaban J connectivity index is 1.79. The summed E-state index contributed by atoms with van der Waals surface area (Å²) in [6.45, 7) is 0. The zero-order valence-electron chi connectivity index (χ0n) is 12.2. The van der Waals surface area contributed by atoms with E-state index >= 15 is 0 Å². The molecule has 1 aliphatic carbocycles. The molecular weight excluding hydrogens is 356 g/mol. The van der Waals surface area contributed by atoms with Crippen LogP contribution in [0.3, 0.4) is 0 Å². The topological polar surface area (TPSA) is 30.7 Å². The molecule has 4 rings (SSSR count). The number of thiophene rings is 1. The molecule has 2 aromatic heterocycles. The van der Waals surface area contributed by atoms with Crippen molar-refractivity contribution in [2.24, 2.45) is 7.05 Å². The van der Waals surface area contributed by atoms with Gasteiger partial charge in [0.05, 0.1) is 15.3 Å². The predicted octanol–water partition coefficient (Wildman–Crippen LogP) is 5.07. The minimum atomic E-state index is -0.233. The van der Waals surface area contributed by atoms with Crippen molar-refractivity contribution in [3.8, 4) is 11.4 Å². The van der Waals surface area contributed by atoms with Gasteiger partial charge in [0, 0.05) is 7.05 Å². The summed E-state index contributed by atoms with van der Waals surface area (Å²) in [5, 5.41) is 8.71. The fraction of sp³-hybridized carbons (Fsp3) is 0.250. The lowest BCUT2D eigenvalue weighted by molar-refractivity contribution is 0.624. The van der Waals surface area contributed by atoms with E-state index in [1.165, 1.54) is 23.5 Å². The molecule has 1 saturated carbocycles. The third-order valence-electron chi connectivity index (χ3n) is 4.35. The van der Waals surface area contributed by atoms with Gasteiger partial charge in [0.1, 0.15) is 16.0 Å². The molecule has 0 aliphatic heterocycles. The molecule has 23 heavy (non-hydrogen) atoms. The Kier molecular flexibility index (Phi) is 3.48. The van der Waals surface area contributed by atoms with Gasteiger partial charge in [-0.3, -0.25) is 0 Å². The van der Waals surface area contributed by atoms with Crippen LogP contribution in [-0.4, -0.2) is 14.8 Å². The number of hydrogen-bond donors (Lipinski definition) is 0. The first-order valence-electron chi connectivity index (χ1n) is 7.12. The molecule has 0 atom stereocenters. The van der Waals surface area contributed by atoms with Crippen molar-refractivity contribution in [1.29, 1.82) is 0 Å². The second kappa shape index (κ2) is 5.30. The number of rotatable bonds is 3. The highest BCUT2D eigenvalue weighted by molar-refractivity contribution is 7.20. The van der Waals surface area contributed by atoms with Crippen LogP contribution in [0.2, 0.25) is 8.67 Å². The van der Waals surface area contributed by atoms with Crippen LogP contribution in [0.5, 0.6) is 0 Å². The molecule has 118 valence electrons. The highest BCUT2D eigenvalue weighted by atomic mass is 35.5. The van der Waals surface area contributed by atoms with Crippen molar-refractivity contribution < 1.29 is 4.39 Å². The van der Waals surface area contributed by atoms with Crippen molar-refractivity contribution in [2.75, 3.05) is 0 Å². The van der Waals surface area contributed by atoms with Gasteiger partial charge in [-0.1, -0.05) is 35.3 Å². The van der Waals surface area contributed by atoms with E-state index in [0.29, 0.717) is 14.5 Å². The summed E-state index contributed by atoms with van der Waals surface area (Å²) in [6.07, 6.45) is 1.95. The van der Waals surface area contributed by atoms with Crippen LogP contribution in [0.1, 0.15) is 24.2 Å². The SMILES string of the molecule is Cn1c(-c2cc(Cl)sc2Cl)nnc1C1(c2ccc(F)cc2)CC1. The monoisotopic (exact) mass is 367 g/mol. The quantitative estimate of drug-likeness (QED) is 0.646. The molecule has 3 aromatic rings. The number of nitrogens with zero attached hydrogens (tertiary/aromatic N) is 3.